The van der Waals surface area contributed by atoms with Gasteiger partial charge in [0.1, 0.15) is 0 Å². The average molecular weight is 321 g/mol. The Morgan fingerprint density at radius 1 is 1.17 bits per heavy atom. The van der Waals surface area contributed by atoms with Gasteiger partial charge in [-0.2, -0.15) is 0 Å². The second-order valence-electron chi connectivity index (χ2n) is 4.09. The van der Waals surface area contributed by atoms with Crippen LogP contribution < -0.4 is 0 Å². The van der Waals surface area contributed by atoms with Gasteiger partial charge in [-0.15, -0.1) is 24.8 Å². The zero-order chi connectivity index (χ0) is 10.8. The molecule has 0 radical (unpaired) electrons. The molecule has 1 aliphatic carbocycles. The van der Waals surface area contributed by atoms with Gasteiger partial charge in [-0.05, 0) is 37.0 Å². The standard InChI is InChI=1S/C14H16O.2ClH.Ti/c1-10-7-8-12(9-10)14-6-4-3-5-13(14)11(2)15;;;/h3-7,9,11,15H,8H2,1-2H3;2*1H;. The largest absolute Gasteiger partial charge is 0.389 e. The summed E-state index contributed by atoms with van der Waals surface area (Å²) in [5, 5.41) is 9.69. The molecule has 1 atom stereocenters. The molecule has 0 bridgehead atoms. The van der Waals surface area contributed by atoms with Crippen molar-refractivity contribution < 1.29 is 26.8 Å². The number of aliphatic hydroxyl groups is 1. The summed E-state index contributed by atoms with van der Waals surface area (Å²) in [6.07, 6.45) is 4.99. The fraction of sp³-hybridized carbons (Fsp3) is 0.286. The third-order valence-electron chi connectivity index (χ3n) is 2.80. The number of hydrogen-bond donors (Lipinski definition) is 1. The predicted molar refractivity (Wildman–Crippen MR) is 77.9 cm³/mol. The molecule has 0 aliphatic heterocycles. The van der Waals surface area contributed by atoms with Gasteiger partial charge in [0, 0.05) is 21.7 Å². The van der Waals surface area contributed by atoms with Crippen LogP contribution in [-0.2, 0) is 21.7 Å². The number of rotatable bonds is 2. The summed E-state index contributed by atoms with van der Waals surface area (Å²) in [6, 6.07) is 8.08. The van der Waals surface area contributed by atoms with Gasteiger partial charge in [0.15, 0.2) is 0 Å². The molecule has 1 aliphatic rings. The molecule has 1 unspecified atom stereocenters. The van der Waals surface area contributed by atoms with E-state index in [1.54, 1.807) is 0 Å². The first-order valence-corrected chi connectivity index (χ1v) is 5.33. The Hall–Kier alpha value is -0.0457. The molecule has 0 fully saturated rings. The minimum absolute atomic E-state index is 0. The van der Waals surface area contributed by atoms with Crippen molar-refractivity contribution in [2.75, 3.05) is 0 Å². The summed E-state index contributed by atoms with van der Waals surface area (Å²) in [7, 11) is 0. The number of hydrogen-bond acceptors (Lipinski definition) is 1. The second-order valence-corrected chi connectivity index (χ2v) is 4.09. The maximum absolute atomic E-state index is 9.69. The first-order chi connectivity index (χ1) is 7.18. The molecule has 1 nitrogen and oxygen atoms in total. The predicted octanol–water partition coefficient (Wildman–Crippen LogP) is 4.31. The molecular formula is C14H18Cl2OTi. The molecule has 0 aromatic heterocycles. The van der Waals surface area contributed by atoms with E-state index in [0.717, 1.165) is 12.0 Å². The van der Waals surface area contributed by atoms with Crippen molar-refractivity contribution in [3.05, 3.63) is 53.1 Å². The summed E-state index contributed by atoms with van der Waals surface area (Å²) >= 11 is 0. The minimum Gasteiger partial charge on any atom is -0.389 e. The summed E-state index contributed by atoms with van der Waals surface area (Å²) in [5.74, 6) is 0. The van der Waals surface area contributed by atoms with Crippen LogP contribution in [0.4, 0.5) is 0 Å². The summed E-state index contributed by atoms with van der Waals surface area (Å²) < 4.78 is 0. The minimum atomic E-state index is -0.400. The Morgan fingerprint density at radius 2 is 1.78 bits per heavy atom. The summed E-state index contributed by atoms with van der Waals surface area (Å²) in [5.41, 5.74) is 4.82. The van der Waals surface area contributed by atoms with Crippen molar-refractivity contribution in [2.45, 2.75) is 26.4 Å². The van der Waals surface area contributed by atoms with E-state index >= 15 is 0 Å². The van der Waals surface area contributed by atoms with Crippen molar-refractivity contribution in [1.82, 2.24) is 0 Å². The van der Waals surface area contributed by atoms with Crippen molar-refractivity contribution >= 4 is 30.4 Å². The third-order valence-corrected chi connectivity index (χ3v) is 2.80. The van der Waals surface area contributed by atoms with E-state index in [1.165, 1.54) is 16.7 Å². The Kier molecular flexibility index (Phi) is 10.1. The molecule has 0 heterocycles. The van der Waals surface area contributed by atoms with Gasteiger partial charge in [-0.25, -0.2) is 0 Å². The van der Waals surface area contributed by atoms with Crippen LogP contribution in [0, 0.1) is 0 Å². The molecule has 1 aromatic rings. The fourth-order valence-electron chi connectivity index (χ4n) is 2.01. The summed E-state index contributed by atoms with van der Waals surface area (Å²) in [6.45, 7) is 3.92. The van der Waals surface area contributed by atoms with E-state index in [2.05, 4.69) is 25.1 Å². The molecule has 1 aromatic carbocycles. The van der Waals surface area contributed by atoms with Gasteiger partial charge in [0.2, 0.25) is 0 Å². The molecule has 98 valence electrons. The van der Waals surface area contributed by atoms with Crippen LogP contribution in [0.1, 0.15) is 37.5 Å². The first-order valence-electron chi connectivity index (χ1n) is 5.33. The van der Waals surface area contributed by atoms with Gasteiger partial charge in [-0.1, -0.05) is 42.0 Å². The number of aliphatic hydroxyl groups excluding tert-OH is 1. The van der Waals surface area contributed by atoms with E-state index < -0.39 is 6.10 Å². The van der Waals surface area contributed by atoms with Crippen LogP contribution in [0.3, 0.4) is 0 Å². The van der Waals surface area contributed by atoms with Crippen LogP contribution in [0.2, 0.25) is 0 Å². The van der Waals surface area contributed by atoms with E-state index in [4.69, 9.17) is 0 Å². The van der Waals surface area contributed by atoms with Crippen LogP contribution >= 0.6 is 24.8 Å². The number of benzene rings is 1. The Balaban J connectivity index is 0. The van der Waals surface area contributed by atoms with Crippen molar-refractivity contribution in [3.63, 3.8) is 0 Å². The SMILES string of the molecule is CC1=CCC(c2ccccc2C(C)O)=C1.Cl.Cl.[Ti]. The van der Waals surface area contributed by atoms with Crippen molar-refractivity contribution in [2.24, 2.45) is 0 Å². The van der Waals surface area contributed by atoms with Gasteiger partial charge in [0.05, 0.1) is 6.10 Å². The zero-order valence-electron chi connectivity index (χ0n) is 10.5. The smallest absolute Gasteiger partial charge is 0.0767 e. The third kappa shape index (κ3) is 4.57. The zero-order valence-corrected chi connectivity index (χ0v) is 13.7. The van der Waals surface area contributed by atoms with Crippen molar-refractivity contribution in [3.8, 4) is 0 Å². The van der Waals surface area contributed by atoms with E-state index in [0.29, 0.717) is 0 Å². The average Bonchev–Trinajstić information content (AvgIpc) is 2.65. The molecule has 0 spiro atoms. The molecule has 0 amide bonds. The molecule has 2 rings (SSSR count). The number of halogens is 2. The van der Waals surface area contributed by atoms with Crippen LogP contribution in [0.5, 0.6) is 0 Å². The monoisotopic (exact) mass is 320 g/mol. The van der Waals surface area contributed by atoms with Crippen molar-refractivity contribution in [1.29, 1.82) is 0 Å². The molecule has 1 N–H and O–H groups in total. The topological polar surface area (TPSA) is 20.2 Å². The summed E-state index contributed by atoms with van der Waals surface area (Å²) in [4.78, 5) is 0. The first kappa shape index (κ1) is 20.3. The van der Waals surface area contributed by atoms with Crippen LogP contribution in [0.25, 0.3) is 5.57 Å². The quantitative estimate of drug-likeness (QED) is 0.805. The second kappa shape index (κ2) is 8.95. The van der Waals surface area contributed by atoms with E-state index in [9.17, 15) is 5.11 Å². The Bertz CT molecular complexity index is 439. The maximum Gasteiger partial charge on any atom is 0.0767 e. The fourth-order valence-corrected chi connectivity index (χ4v) is 2.01. The molecule has 0 saturated heterocycles. The van der Waals surface area contributed by atoms with Gasteiger partial charge >= 0.3 is 0 Å². The molecular weight excluding hydrogens is 303 g/mol. The maximum atomic E-state index is 9.69. The van der Waals surface area contributed by atoms with Crippen LogP contribution in [-0.4, -0.2) is 5.11 Å². The normalized spacial score (nSPS) is 14.4. The van der Waals surface area contributed by atoms with E-state index in [-0.39, 0.29) is 46.5 Å². The van der Waals surface area contributed by atoms with Gasteiger partial charge in [0.25, 0.3) is 0 Å². The Morgan fingerprint density at radius 3 is 2.28 bits per heavy atom. The molecule has 18 heavy (non-hydrogen) atoms. The van der Waals surface area contributed by atoms with E-state index in [1.807, 2.05) is 25.1 Å². The van der Waals surface area contributed by atoms with Gasteiger partial charge in [-0.3, -0.25) is 0 Å². The Labute approximate surface area is 136 Å². The number of allylic oxidation sites excluding steroid dienone is 4. The van der Waals surface area contributed by atoms with Gasteiger partial charge < -0.3 is 5.11 Å². The molecule has 0 saturated carbocycles. The molecule has 4 heteroatoms. The van der Waals surface area contributed by atoms with Crippen LogP contribution in [0.15, 0.2) is 42.0 Å².